The van der Waals surface area contributed by atoms with Crippen LogP contribution in [-0.2, 0) is 4.79 Å². The molecule has 6 rings (SSSR count). The van der Waals surface area contributed by atoms with Crippen LogP contribution in [0.4, 0.5) is 0 Å². The lowest BCUT2D eigenvalue weighted by Gasteiger charge is -2.60. The van der Waals surface area contributed by atoms with Crippen LogP contribution in [0, 0.1) is 39.4 Å². The van der Waals surface area contributed by atoms with Gasteiger partial charge in [0.25, 0.3) is 0 Å². The predicted octanol–water partition coefficient (Wildman–Crippen LogP) is 4.92. The lowest BCUT2D eigenvalue weighted by atomic mass is 9.44. The summed E-state index contributed by atoms with van der Waals surface area (Å²) < 4.78 is 0. The topological polar surface area (TPSA) is 29.1 Å². The van der Waals surface area contributed by atoms with Crippen LogP contribution in [-0.4, -0.2) is 11.9 Å². The highest BCUT2D eigenvalue weighted by Gasteiger charge is 2.63. The highest BCUT2D eigenvalue weighted by molar-refractivity contribution is 5.83. The van der Waals surface area contributed by atoms with Crippen LogP contribution in [0.5, 0.6) is 0 Å². The molecule has 0 spiro atoms. The molecule has 5 unspecified atom stereocenters. The summed E-state index contributed by atoms with van der Waals surface area (Å²) >= 11 is 0. The number of amides is 1. The van der Waals surface area contributed by atoms with E-state index in [9.17, 15) is 4.79 Å². The van der Waals surface area contributed by atoms with Crippen molar-refractivity contribution in [3.05, 3.63) is 0 Å². The number of carbonyl (C=O) groups excluding carboxylic acids is 1. The van der Waals surface area contributed by atoms with Gasteiger partial charge < -0.3 is 5.32 Å². The van der Waals surface area contributed by atoms with Gasteiger partial charge in [-0.25, -0.2) is 0 Å². The molecule has 1 amide bonds. The molecule has 6 saturated carbocycles. The minimum absolute atomic E-state index is 0.0127. The van der Waals surface area contributed by atoms with Crippen molar-refractivity contribution in [1.82, 2.24) is 5.32 Å². The van der Waals surface area contributed by atoms with Crippen molar-refractivity contribution in [2.45, 2.75) is 91.5 Å². The second kappa shape index (κ2) is 4.41. The molecule has 6 fully saturated rings. The van der Waals surface area contributed by atoms with E-state index in [1.165, 1.54) is 51.4 Å². The first kappa shape index (κ1) is 15.7. The third kappa shape index (κ3) is 1.81. The van der Waals surface area contributed by atoms with Gasteiger partial charge in [-0.3, -0.25) is 4.79 Å². The van der Waals surface area contributed by atoms with E-state index in [0.29, 0.717) is 28.2 Å². The first-order valence-electron chi connectivity index (χ1n) is 10.5. The number of carbonyl (C=O) groups is 1. The number of rotatable bonds is 2. The third-order valence-electron chi connectivity index (χ3n) is 9.93. The molecular formula is C22H35NO. The third-order valence-corrected chi connectivity index (χ3v) is 9.93. The summed E-state index contributed by atoms with van der Waals surface area (Å²) in [6.45, 7) is 9.81. The Morgan fingerprint density at radius 3 is 2.12 bits per heavy atom. The Hall–Kier alpha value is -0.530. The number of fused-ring (bicyclic) bond motifs is 2. The quantitative estimate of drug-likeness (QED) is 0.765. The summed E-state index contributed by atoms with van der Waals surface area (Å²) in [7, 11) is 0. The minimum atomic E-state index is -0.0127. The second-order valence-corrected chi connectivity index (χ2v) is 11.7. The maximum atomic E-state index is 13.5. The SMILES string of the molecule is CC12CC3CC(C1)CC(C(=O)NC1CC4CCC1(C)C4(C)C)(C3)C2. The van der Waals surface area contributed by atoms with Crippen LogP contribution >= 0.6 is 0 Å². The Bertz CT molecular complexity index is 579. The molecule has 0 saturated heterocycles. The van der Waals surface area contributed by atoms with E-state index in [1.54, 1.807) is 0 Å². The van der Waals surface area contributed by atoms with Gasteiger partial charge in [0.1, 0.15) is 0 Å². The van der Waals surface area contributed by atoms with Crippen molar-refractivity contribution in [2.75, 3.05) is 0 Å². The summed E-state index contributed by atoms with van der Waals surface area (Å²) in [6.07, 6.45) is 11.6. The number of nitrogens with one attached hydrogen (secondary N) is 1. The molecule has 6 bridgehead atoms. The normalized spacial score (nSPS) is 56.7. The zero-order valence-corrected chi connectivity index (χ0v) is 16.1. The molecule has 0 aromatic rings. The maximum absolute atomic E-state index is 13.5. The van der Waals surface area contributed by atoms with Crippen molar-refractivity contribution in [3.8, 4) is 0 Å². The van der Waals surface area contributed by atoms with Crippen molar-refractivity contribution in [1.29, 1.82) is 0 Å². The van der Waals surface area contributed by atoms with Crippen LogP contribution < -0.4 is 5.32 Å². The molecule has 2 heteroatoms. The summed E-state index contributed by atoms with van der Waals surface area (Å²) in [5.74, 6) is 2.90. The predicted molar refractivity (Wildman–Crippen MR) is 96.4 cm³/mol. The van der Waals surface area contributed by atoms with Gasteiger partial charge in [-0.05, 0) is 91.8 Å². The van der Waals surface area contributed by atoms with Gasteiger partial charge in [0.15, 0.2) is 0 Å². The molecule has 2 nitrogen and oxygen atoms in total. The Labute approximate surface area is 147 Å². The summed E-state index contributed by atoms with van der Waals surface area (Å²) in [4.78, 5) is 13.5. The first-order chi connectivity index (χ1) is 11.2. The van der Waals surface area contributed by atoms with Crippen LogP contribution in [0.25, 0.3) is 0 Å². The fraction of sp³-hybridized carbons (Fsp3) is 0.955. The van der Waals surface area contributed by atoms with E-state index in [0.717, 1.165) is 24.2 Å². The van der Waals surface area contributed by atoms with Gasteiger partial charge in [-0.15, -0.1) is 0 Å². The fourth-order valence-corrected chi connectivity index (χ4v) is 8.72. The lowest BCUT2D eigenvalue weighted by Crippen LogP contribution is -2.59. The number of hydrogen-bond donors (Lipinski definition) is 1. The van der Waals surface area contributed by atoms with Crippen molar-refractivity contribution < 1.29 is 4.79 Å². The second-order valence-electron chi connectivity index (χ2n) is 11.7. The molecular weight excluding hydrogens is 294 g/mol. The zero-order chi connectivity index (χ0) is 17.0. The minimum Gasteiger partial charge on any atom is -0.352 e. The molecule has 1 N–H and O–H groups in total. The molecule has 0 radical (unpaired) electrons. The summed E-state index contributed by atoms with van der Waals surface area (Å²) in [5.41, 5.74) is 1.14. The molecule has 0 aromatic heterocycles. The van der Waals surface area contributed by atoms with Crippen molar-refractivity contribution in [3.63, 3.8) is 0 Å². The molecule has 6 aliphatic carbocycles. The molecule has 5 atom stereocenters. The van der Waals surface area contributed by atoms with E-state index >= 15 is 0 Å². The van der Waals surface area contributed by atoms with Crippen LogP contribution in [0.1, 0.15) is 85.5 Å². The maximum Gasteiger partial charge on any atom is 0.226 e. The Morgan fingerprint density at radius 1 is 0.958 bits per heavy atom. The zero-order valence-electron chi connectivity index (χ0n) is 16.1. The Morgan fingerprint density at radius 2 is 1.62 bits per heavy atom. The largest absolute Gasteiger partial charge is 0.352 e. The molecule has 0 heterocycles. The molecule has 0 aliphatic heterocycles. The van der Waals surface area contributed by atoms with Gasteiger partial charge >= 0.3 is 0 Å². The van der Waals surface area contributed by atoms with Crippen LogP contribution in [0.2, 0.25) is 0 Å². The Balaban J connectivity index is 1.39. The van der Waals surface area contributed by atoms with Gasteiger partial charge in [0, 0.05) is 6.04 Å². The van der Waals surface area contributed by atoms with Crippen molar-refractivity contribution >= 4 is 5.91 Å². The standard InChI is InChI=1S/C22H35NO/c1-19(2)16-5-6-21(19,4)17(8-16)23-18(24)22-11-14-7-15(12-22)10-20(3,9-14)13-22/h14-17H,5-13H2,1-4H3,(H,23,24). The molecule has 6 aliphatic rings. The van der Waals surface area contributed by atoms with Crippen LogP contribution in [0.3, 0.4) is 0 Å². The van der Waals surface area contributed by atoms with Gasteiger partial charge in [-0.1, -0.05) is 27.7 Å². The summed E-state index contributed by atoms with van der Waals surface area (Å²) in [5, 5.41) is 3.64. The van der Waals surface area contributed by atoms with E-state index in [1.807, 2.05) is 0 Å². The average Bonchev–Trinajstić information content (AvgIpc) is 2.78. The van der Waals surface area contributed by atoms with E-state index in [2.05, 4.69) is 33.0 Å². The van der Waals surface area contributed by atoms with E-state index < -0.39 is 0 Å². The van der Waals surface area contributed by atoms with E-state index in [-0.39, 0.29) is 5.41 Å². The van der Waals surface area contributed by atoms with Crippen LogP contribution in [0.15, 0.2) is 0 Å². The van der Waals surface area contributed by atoms with E-state index in [4.69, 9.17) is 0 Å². The van der Waals surface area contributed by atoms with Gasteiger partial charge in [0.05, 0.1) is 5.41 Å². The number of hydrogen-bond acceptors (Lipinski definition) is 1. The molecule has 0 aromatic carbocycles. The fourth-order valence-electron chi connectivity index (χ4n) is 8.72. The van der Waals surface area contributed by atoms with Gasteiger partial charge in [0.2, 0.25) is 5.91 Å². The first-order valence-corrected chi connectivity index (χ1v) is 10.5. The lowest BCUT2D eigenvalue weighted by molar-refractivity contribution is -0.157. The molecule has 24 heavy (non-hydrogen) atoms. The van der Waals surface area contributed by atoms with Gasteiger partial charge in [-0.2, -0.15) is 0 Å². The highest BCUT2D eigenvalue weighted by Crippen LogP contribution is 2.67. The highest BCUT2D eigenvalue weighted by atomic mass is 16.2. The molecule has 134 valence electrons. The average molecular weight is 330 g/mol. The summed E-state index contributed by atoms with van der Waals surface area (Å²) in [6, 6.07) is 0.416. The Kier molecular flexibility index (Phi) is 2.88. The smallest absolute Gasteiger partial charge is 0.226 e. The monoisotopic (exact) mass is 329 g/mol. The van der Waals surface area contributed by atoms with Crippen molar-refractivity contribution in [2.24, 2.45) is 39.4 Å².